The third-order valence-electron chi connectivity index (χ3n) is 5.06. The first-order chi connectivity index (χ1) is 13.1. The van der Waals surface area contributed by atoms with Crippen LogP contribution in [0.1, 0.15) is 13.0 Å². The van der Waals surface area contributed by atoms with Gasteiger partial charge < -0.3 is 19.3 Å². The molecule has 2 aliphatic heterocycles. The highest BCUT2D eigenvalue weighted by molar-refractivity contribution is 5.82. The number of nitrogens with zero attached hydrogens (tertiary/aromatic N) is 5. The molecule has 4 rings (SSSR count). The van der Waals surface area contributed by atoms with Crippen molar-refractivity contribution in [2.45, 2.75) is 19.1 Å². The van der Waals surface area contributed by atoms with Crippen LogP contribution in [0.3, 0.4) is 0 Å². The Morgan fingerprint density at radius 3 is 2.74 bits per heavy atom. The minimum absolute atomic E-state index is 0.0738. The lowest BCUT2D eigenvalue weighted by Gasteiger charge is -2.41. The zero-order valence-electron chi connectivity index (χ0n) is 15.7. The van der Waals surface area contributed by atoms with E-state index in [1.54, 1.807) is 0 Å². The second kappa shape index (κ2) is 7.66. The fraction of sp³-hybridized carbons (Fsp3) is 0.526. The van der Waals surface area contributed by atoms with Crippen molar-refractivity contribution in [3.8, 4) is 17.0 Å². The molecule has 0 saturated carbocycles. The molecule has 1 atom stereocenters. The zero-order valence-corrected chi connectivity index (χ0v) is 15.7. The topological polar surface area (TPSA) is 72.7 Å². The van der Waals surface area contributed by atoms with E-state index in [0.29, 0.717) is 32.8 Å². The molecule has 2 fully saturated rings. The van der Waals surface area contributed by atoms with Crippen LogP contribution < -0.4 is 4.74 Å². The summed E-state index contributed by atoms with van der Waals surface area (Å²) in [6.45, 7) is 6.05. The minimum Gasteiger partial charge on any atom is -0.494 e. The Hall–Kier alpha value is -2.45. The smallest absolute Gasteiger partial charge is 0.253 e. The lowest BCUT2D eigenvalue weighted by Crippen LogP contribution is -2.57. The predicted octanol–water partition coefficient (Wildman–Crippen LogP) is 1.06. The van der Waals surface area contributed by atoms with Gasteiger partial charge in [-0.25, -0.2) is 4.68 Å². The van der Waals surface area contributed by atoms with Crippen molar-refractivity contribution in [3.63, 3.8) is 0 Å². The monoisotopic (exact) mass is 371 g/mol. The summed E-state index contributed by atoms with van der Waals surface area (Å²) >= 11 is 0. The van der Waals surface area contributed by atoms with Gasteiger partial charge in [0.1, 0.15) is 17.5 Å². The van der Waals surface area contributed by atoms with E-state index in [9.17, 15) is 4.79 Å². The molecule has 2 aromatic rings. The number of aromatic nitrogens is 3. The average molecular weight is 371 g/mol. The molecule has 1 unspecified atom stereocenters. The van der Waals surface area contributed by atoms with E-state index in [2.05, 4.69) is 15.2 Å². The van der Waals surface area contributed by atoms with Crippen LogP contribution in [0.4, 0.5) is 0 Å². The maximum Gasteiger partial charge on any atom is 0.253 e. The first-order valence-corrected chi connectivity index (χ1v) is 9.38. The molecule has 0 N–H and O–H groups in total. The second-order valence-electron chi connectivity index (χ2n) is 7.06. The van der Waals surface area contributed by atoms with E-state index in [-0.39, 0.29) is 18.1 Å². The fourth-order valence-electron chi connectivity index (χ4n) is 3.41. The van der Waals surface area contributed by atoms with E-state index < -0.39 is 0 Å². The normalized spacial score (nSPS) is 21.1. The summed E-state index contributed by atoms with van der Waals surface area (Å²) in [7, 11) is 2.01. The third kappa shape index (κ3) is 3.81. The molecular weight excluding hydrogens is 346 g/mol. The number of rotatable bonds is 5. The van der Waals surface area contributed by atoms with Crippen LogP contribution in [-0.4, -0.2) is 83.2 Å². The summed E-state index contributed by atoms with van der Waals surface area (Å²) < 4.78 is 12.9. The molecule has 144 valence electrons. The first-order valence-electron chi connectivity index (χ1n) is 9.38. The molecule has 1 aromatic heterocycles. The first kappa shape index (κ1) is 17.9. The molecule has 3 heterocycles. The van der Waals surface area contributed by atoms with Crippen molar-refractivity contribution in [2.75, 3.05) is 46.4 Å². The second-order valence-corrected chi connectivity index (χ2v) is 7.06. The van der Waals surface area contributed by atoms with E-state index >= 15 is 0 Å². The molecular formula is C19H25N5O3. The number of ether oxygens (including phenoxy) is 2. The van der Waals surface area contributed by atoms with Gasteiger partial charge >= 0.3 is 0 Å². The summed E-state index contributed by atoms with van der Waals surface area (Å²) in [5.74, 6) is 0.919. The zero-order chi connectivity index (χ0) is 18.8. The van der Waals surface area contributed by atoms with Crippen LogP contribution in [0.5, 0.6) is 5.75 Å². The summed E-state index contributed by atoms with van der Waals surface area (Å²) in [5, 5.41) is 8.52. The van der Waals surface area contributed by atoms with Gasteiger partial charge in [0.25, 0.3) is 5.91 Å². The number of hydrogen-bond acceptors (Lipinski definition) is 6. The molecule has 0 bridgehead atoms. The molecule has 2 saturated heterocycles. The number of carbonyl (C=O) groups is 1. The number of benzene rings is 1. The lowest BCUT2D eigenvalue weighted by atomic mass is 10.1. The quantitative estimate of drug-likeness (QED) is 0.783. The molecule has 1 aromatic carbocycles. The van der Waals surface area contributed by atoms with Crippen LogP contribution in [0, 0.1) is 0 Å². The Balaban J connectivity index is 1.34. The molecule has 8 nitrogen and oxygen atoms in total. The molecule has 0 spiro atoms. The van der Waals surface area contributed by atoms with E-state index in [4.69, 9.17) is 9.47 Å². The number of carbonyl (C=O) groups excluding carboxylic acids is 1. The summed E-state index contributed by atoms with van der Waals surface area (Å²) in [5.41, 5.74) is 1.82. The third-order valence-corrected chi connectivity index (χ3v) is 5.06. The Bertz CT molecular complexity index is 785. The maximum absolute atomic E-state index is 12.5. The predicted molar refractivity (Wildman–Crippen MR) is 99.5 cm³/mol. The number of likely N-dealkylation sites (tertiary alicyclic amines) is 1. The molecule has 0 radical (unpaired) electrons. The average Bonchev–Trinajstić information content (AvgIpc) is 3.11. The van der Waals surface area contributed by atoms with Crippen molar-refractivity contribution in [1.82, 2.24) is 24.8 Å². The highest BCUT2D eigenvalue weighted by Crippen LogP contribution is 2.25. The summed E-state index contributed by atoms with van der Waals surface area (Å²) in [4.78, 5) is 16.5. The van der Waals surface area contributed by atoms with Crippen LogP contribution in [0.2, 0.25) is 0 Å². The molecule has 8 heteroatoms. The largest absolute Gasteiger partial charge is 0.494 e. The van der Waals surface area contributed by atoms with Crippen LogP contribution in [0.15, 0.2) is 30.5 Å². The lowest BCUT2D eigenvalue weighted by molar-refractivity contribution is -0.154. The van der Waals surface area contributed by atoms with Gasteiger partial charge in [-0.2, -0.15) is 0 Å². The van der Waals surface area contributed by atoms with Crippen molar-refractivity contribution in [3.05, 3.63) is 30.5 Å². The van der Waals surface area contributed by atoms with Crippen LogP contribution in [-0.2, 0) is 9.53 Å². The Labute approximate surface area is 158 Å². The van der Waals surface area contributed by atoms with Crippen LogP contribution in [0.25, 0.3) is 11.3 Å². The number of morpholine rings is 1. The Kier molecular flexibility index (Phi) is 5.09. The van der Waals surface area contributed by atoms with Gasteiger partial charge in [0.15, 0.2) is 0 Å². The van der Waals surface area contributed by atoms with Crippen molar-refractivity contribution in [1.29, 1.82) is 0 Å². The van der Waals surface area contributed by atoms with Gasteiger partial charge in [-0.15, -0.1) is 5.10 Å². The molecule has 0 aliphatic carbocycles. The van der Waals surface area contributed by atoms with E-state index in [1.807, 2.05) is 54.0 Å². The highest BCUT2D eigenvalue weighted by atomic mass is 16.5. The summed E-state index contributed by atoms with van der Waals surface area (Å²) in [6.07, 6.45) is 1.59. The number of hydrogen-bond donors (Lipinski definition) is 0. The van der Waals surface area contributed by atoms with Crippen molar-refractivity contribution < 1.29 is 14.3 Å². The summed E-state index contributed by atoms with van der Waals surface area (Å²) in [6, 6.07) is 7.99. The molecule has 27 heavy (non-hydrogen) atoms. The maximum atomic E-state index is 12.5. The van der Waals surface area contributed by atoms with Gasteiger partial charge in [-0.05, 0) is 38.2 Å². The van der Waals surface area contributed by atoms with Gasteiger partial charge in [-0.3, -0.25) is 4.79 Å². The number of amides is 1. The van der Waals surface area contributed by atoms with E-state index in [1.165, 1.54) is 0 Å². The highest BCUT2D eigenvalue weighted by Gasteiger charge is 2.37. The van der Waals surface area contributed by atoms with E-state index in [0.717, 1.165) is 23.6 Å². The van der Waals surface area contributed by atoms with Crippen LogP contribution >= 0.6 is 0 Å². The molecule has 2 aliphatic rings. The van der Waals surface area contributed by atoms with Crippen molar-refractivity contribution in [2.24, 2.45) is 0 Å². The fourth-order valence-corrected chi connectivity index (χ4v) is 3.41. The SMILES string of the molecule is CCOc1ccc(-c2cn(C3CN(C(=O)C4CN(C)CCO4)C3)nn2)cc1. The molecule has 1 amide bonds. The minimum atomic E-state index is -0.347. The van der Waals surface area contributed by atoms with Crippen molar-refractivity contribution >= 4 is 5.91 Å². The Morgan fingerprint density at radius 1 is 1.26 bits per heavy atom. The van der Waals surface area contributed by atoms with Gasteiger partial charge in [0, 0.05) is 31.7 Å². The van der Waals surface area contributed by atoms with Gasteiger partial charge in [-0.1, -0.05) is 5.21 Å². The standard InChI is InChI=1S/C19H25N5O3/c1-3-26-16-6-4-14(5-7-16)17-12-24(21-20-17)15-10-23(11-15)19(25)18-13-22(2)8-9-27-18/h4-7,12,15,18H,3,8-11,13H2,1-2H3. The Morgan fingerprint density at radius 2 is 2.04 bits per heavy atom. The van der Waals surface area contributed by atoms with Gasteiger partial charge in [0.2, 0.25) is 0 Å². The van der Waals surface area contributed by atoms with Gasteiger partial charge in [0.05, 0.1) is 25.5 Å². The number of likely N-dealkylation sites (N-methyl/N-ethyl adjacent to an activating group) is 1.